The number of amides is 1. The molecule has 2 fully saturated rings. The van der Waals surface area contributed by atoms with Crippen LogP contribution in [-0.4, -0.2) is 34.5 Å². The standard InChI is InChI=1S/C15H21NO3/c1-15(2,3)19-14(18)16-11-7-8-12(16)10-6-4-5-9(11)13(10)17/h7-12H,4-6H2,1-3H3/t9-,10+,11+,12-. The first kappa shape index (κ1) is 12.7. The van der Waals surface area contributed by atoms with Crippen molar-refractivity contribution in [3.05, 3.63) is 12.2 Å². The van der Waals surface area contributed by atoms with Crippen molar-refractivity contribution in [2.45, 2.75) is 57.7 Å². The lowest BCUT2D eigenvalue weighted by Crippen LogP contribution is -2.59. The zero-order chi connectivity index (χ0) is 13.8. The highest BCUT2D eigenvalue weighted by Gasteiger charge is 2.53. The van der Waals surface area contributed by atoms with Crippen molar-refractivity contribution < 1.29 is 14.3 Å². The van der Waals surface area contributed by atoms with Gasteiger partial charge in [0.15, 0.2) is 0 Å². The molecule has 0 aromatic heterocycles. The second-order valence-electron chi connectivity index (χ2n) is 6.80. The van der Waals surface area contributed by atoms with Gasteiger partial charge in [-0.3, -0.25) is 9.69 Å². The van der Waals surface area contributed by atoms with E-state index in [1.54, 1.807) is 4.90 Å². The van der Waals surface area contributed by atoms with Gasteiger partial charge in [-0.2, -0.15) is 0 Å². The van der Waals surface area contributed by atoms with Gasteiger partial charge < -0.3 is 4.74 Å². The van der Waals surface area contributed by atoms with Crippen LogP contribution in [0.4, 0.5) is 4.79 Å². The van der Waals surface area contributed by atoms with Crippen molar-refractivity contribution >= 4 is 11.9 Å². The second-order valence-corrected chi connectivity index (χ2v) is 6.80. The Morgan fingerprint density at radius 1 is 1.21 bits per heavy atom. The van der Waals surface area contributed by atoms with E-state index in [1.165, 1.54) is 0 Å². The fraction of sp³-hybridized carbons (Fsp3) is 0.733. The quantitative estimate of drug-likeness (QED) is 0.631. The summed E-state index contributed by atoms with van der Waals surface area (Å²) in [6.45, 7) is 5.61. The van der Waals surface area contributed by atoms with Gasteiger partial charge in [-0.25, -0.2) is 4.79 Å². The SMILES string of the molecule is CC(C)(C)OC(=O)N1[C@@H]2C=C[C@H]1[C@H]1CCC[C@@H]2C1=O. The third-order valence-corrected chi connectivity index (χ3v) is 4.34. The lowest BCUT2D eigenvalue weighted by atomic mass is 9.71. The van der Waals surface area contributed by atoms with E-state index in [0.717, 1.165) is 19.3 Å². The van der Waals surface area contributed by atoms with E-state index in [2.05, 4.69) is 0 Å². The summed E-state index contributed by atoms with van der Waals surface area (Å²) in [5, 5.41) is 0. The van der Waals surface area contributed by atoms with Crippen molar-refractivity contribution in [3.8, 4) is 0 Å². The van der Waals surface area contributed by atoms with Crippen LogP contribution in [-0.2, 0) is 9.53 Å². The second kappa shape index (κ2) is 4.09. The fourth-order valence-corrected chi connectivity index (χ4v) is 3.62. The molecule has 0 aromatic rings. The summed E-state index contributed by atoms with van der Waals surface area (Å²) in [7, 11) is 0. The molecule has 19 heavy (non-hydrogen) atoms. The molecule has 4 bridgehead atoms. The highest BCUT2D eigenvalue weighted by Crippen LogP contribution is 2.44. The molecule has 4 nitrogen and oxygen atoms in total. The molecule has 0 unspecified atom stereocenters. The topological polar surface area (TPSA) is 46.6 Å². The van der Waals surface area contributed by atoms with E-state index in [0.29, 0.717) is 5.78 Å². The first-order chi connectivity index (χ1) is 8.88. The van der Waals surface area contributed by atoms with Gasteiger partial charge >= 0.3 is 6.09 Å². The highest BCUT2D eigenvalue weighted by molar-refractivity contribution is 5.90. The van der Waals surface area contributed by atoms with Crippen molar-refractivity contribution in [2.24, 2.45) is 11.8 Å². The maximum absolute atomic E-state index is 12.4. The summed E-state index contributed by atoms with van der Waals surface area (Å²) in [6, 6.07) is -0.159. The zero-order valence-corrected chi connectivity index (χ0v) is 11.8. The average molecular weight is 263 g/mol. The minimum Gasteiger partial charge on any atom is -0.444 e. The normalized spacial score (nSPS) is 36.6. The monoisotopic (exact) mass is 263 g/mol. The number of piperidine rings is 1. The molecule has 3 aliphatic rings. The Labute approximate surface area is 113 Å². The van der Waals surface area contributed by atoms with Crippen LogP contribution >= 0.6 is 0 Å². The lowest BCUT2D eigenvalue weighted by Gasteiger charge is -2.46. The number of hydrogen-bond acceptors (Lipinski definition) is 3. The third kappa shape index (κ3) is 1.97. The van der Waals surface area contributed by atoms with Gasteiger partial charge in [0.2, 0.25) is 0 Å². The maximum atomic E-state index is 12.4. The number of hydrogen-bond donors (Lipinski definition) is 0. The minimum atomic E-state index is -0.493. The Hall–Kier alpha value is -1.32. The summed E-state index contributed by atoms with van der Waals surface area (Å²) in [5.41, 5.74) is -0.493. The van der Waals surface area contributed by atoms with E-state index < -0.39 is 5.60 Å². The molecule has 1 saturated carbocycles. The number of rotatable bonds is 0. The molecule has 1 aliphatic carbocycles. The maximum Gasteiger partial charge on any atom is 0.411 e. The van der Waals surface area contributed by atoms with E-state index in [4.69, 9.17) is 4.74 Å². The lowest BCUT2D eigenvalue weighted by molar-refractivity contribution is -0.137. The van der Waals surface area contributed by atoms with Crippen LogP contribution in [0.25, 0.3) is 0 Å². The van der Waals surface area contributed by atoms with Gasteiger partial charge in [-0.15, -0.1) is 0 Å². The van der Waals surface area contributed by atoms with Gasteiger partial charge in [0.05, 0.1) is 12.1 Å². The van der Waals surface area contributed by atoms with Crippen molar-refractivity contribution in [1.82, 2.24) is 4.90 Å². The summed E-state index contributed by atoms with van der Waals surface area (Å²) in [6.07, 6.45) is 6.67. The third-order valence-electron chi connectivity index (χ3n) is 4.34. The van der Waals surface area contributed by atoms with Gasteiger partial charge in [0, 0.05) is 11.8 Å². The number of carbonyl (C=O) groups excluding carboxylic acids is 2. The smallest absolute Gasteiger partial charge is 0.411 e. The highest BCUT2D eigenvalue weighted by atomic mass is 16.6. The molecule has 1 amide bonds. The van der Waals surface area contributed by atoms with Crippen molar-refractivity contribution in [2.75, 3.05) is 0 Å². The molecule has 0 radical (unpaired) electrons. The van der Waals surface area contributed by atoms with Gasteiger partial charge in [0.25, 0.3) is 0 Å². The summed E-state index contributed by atoms with van der Waals surface area (Å²) in [5.74, 6) is 0.327. The van der Waals surface area contributed by atoms with Crippen LogP contribution in [0.2, 0.25) is 0 Å². The summed E-state index contributed by atoms with van der Waals surface area (Å²) >= 11 is 0. The fourth-order valence-electron chi connectivity index (χ4n) is 3.62. The molecule has 2 heterocycles. The number of fused-ring (bicyclic) bond motifs is 6. The Morgan fingerprint density at radius 2 is 1.74 bits per heavy atom. The average Bonchev–Trinajstić information content (AvgIpc) is 2.67. The molecule has 104 valence electrons. The van der Waals surface area contributed by atoms with E-state index in [1.807, 2.05) is 32.9 Å². The van der Waals surface area contributed by atoms with Gasteiger partial charge in [0.1, 0.15) is 11.4 Å². The van der Waals surface area contributed by atoms with E-state index >= 15 is 0 Å². The van der Waals surface area contributed by atoms with E-state index in [9.17, 15) is 9.59 Å². The van der Waals surface area contributed by atoms with Crippen molar-refractivity contribution in [3.63, 3.8) is 0 Å². The van der Waals surface area contributed by atoms with Crippen LogP contribution in [0.5, 0.6) is 0 Å². The number of Topliss-reactive ketones (excluding diaryl/α,β-unsaturated/α-hetero) is 1. The van der Waals surface area contributed by atoms with E-state index in [-0.39, 0.29) is 30.0 Å². The van der Waals surface area contributed by atoms with Crippen LogP contribution in [0, 0.1) is 11.8 Å². The number of ether oxygens (including phenoxy) is 1. The summed E-state index contributed by atoms with van der Waals surface area (Å²) < 4.78 is 5.49. The first-order valence-corrected chi connectivity index (χ1v) is 7.12. The number of ketones is 1. The van der Waals surface area contributed by atoms with Gasteiger partial charge in [-0.05, 0) is 33.6 Å². The molecule has 4 heteroatoms. The van der Waals surface area contributed by atoms with Crippen LogP contribution in [0.3, 0.4) is 0 Å². The first-order valence-electron chi connectivity index (χ1n) is 7.12. The molecule has 2 aliphatic heterocycles. The Balaban J connectivity index is 1.86. The molecular formula is C15H21NO3. The molecule has 0 N–H and O–H groups in total. The predicted molar refractivity (Wildman–Crippen MR) is 70.6 cm³/mol. The van der Waals surface area contributed by atoms with Crippen LogP contribution in [0.15, 0.2) is 12.2 Å². The molecule has 0 spiro atoms. The largest absolute Gasteiger partial charge is 0.444 e. The Kier molecular flexibility index (Phi) is 2.73. The van der Waals surface area contributed by atoms with Crippen molar-refractivity contribution in [1.29, 1.82) is 0 Å². The predicted octanol–water partition coefficient (Wildman–Crippen LogP) is 2.53. The molecule has 4 atom stereocenters. The molecule has 3 rings (SSSR count). The zero-order valence-electron chi connectivity index (χ0n) is 11.8. The van der Waals surface area contributed by atoms with Crippen LogP contribution < -0.4 is 0 Å². The molecular weight excluding hydrogens is 242 g/mol. The van der Waals surface area contributed by atoms with Gasteiger partial charge in [-0.1, -0.05) is 18.6 Å². The Morgan fingerprint density at radius 3 is 2.21 bits per heavy atom. The minimum absolute atomic E-state index is 0.0127. The van der Waals surface area contributed by atoms with Crippen LogP contribution in [0.1, 0.15) is 40.0 Å². The molecule has 1 saturated heterocycles. The summed E-state index contributed by atoms with van der Waals surface area (Å²) in [4.78, 5) is 26.5. The molecule has 0 aromatic carbocycles. The number of carbonyl (C=O) groups is 2. The number of nitrogens with zero attached hydrogens (tertiary/aromatic N) is 1. The Bertz CT molecular complexity index is 425.